The van der Waals surface area contributed by atoms with Crippen LogP contribution < -0.4 is 0 Å². The molecule has 3 nitrogen and oxygen atoms in total. The Morgan fingerprint density at radius 3 is 2.81 bits per heavy atom. The molecule has 1 aromatic carbocycles. The summed E-state index contributed by atoms with van der Waals surface area (Å²) < 4.78 is 39.2. The van der Waals surface area contributed by atoms with Crippen LogP contribution >= 0.6 is 0 Å². The second kappa shape index (κ2) is 3.79. The molecule has 0 fully saturated rings. The monoisotopic (exact) mass is 230 g/mol. The SMILES string of the molecule is Cc1nc2ccc(COC(F)(F)F)cc2[nH]1. The van der Waals surface area contributed by atoms with Crippen LogP contribution in [0.15, 0.2) is 18.2 Å². The summed E-state index contributed by atoms with van der Waals surface area (Å²) >= 11 is 0. The molecular formula is C10H9F3N2O. The Bertz CT molecular complexity index is 504. The number of aromatic amines is 1. The van der Waals surface area contributed by atoms with E-state index in [-0.39, 0.29) is 0 Å². The first kappa shape index (κ1) is 10.9. The topological polar surface area (TPSA) is 37.9 Å². The van der Waals surface area contributed by atoms with Crippen molar-refractivity contribution in [2.45, 2.75) is 19.9 Å². The molecule has 0 aliphatic rings. The molecule has 0 aliphatic heterocycles. The molecule has 6 heteroatoms. The zero-order valence-corrected chi connectivity index (χ0v) is 8.43. The van der Waals surface area contributed by atoms with Crippen molar-refractivity contribution in [3.05, 3.63) is 29.6 Å². The highest BCUT2D eigenvalue weighted by Gasteiger charge is 2.28. The third-order valence-corrected chi connectivity index (χ3v) is 2.07. The standard InChI is InChI=1S/C10H9F3N2O/c1-6-14-8-3-2-7(4-9(8)15-6)5-16-10(11,12)13/h2-4H,5H2,1H3,(H,14,15). The Morgan fingerprint density at radius 2 is 2.12 bits per heavy atom. The van der Waals surface area contributed by atoms with Crippen molar-refractivity contribution < 1.29 is 17.9 Å². The van der Waals surface area contributed by atoms with Gasteiger partial charge in [-0.05, 0) is 24.6 Å². The van der Waals surface area contributed by atoms with Crippen molar-refractivity contribution in [2.24, 2.45) is 0 Å². The van der Waals surface area contributed by atoms with Crippen molar-refractivity contribution in [1.82, 2.24) is 9.97 Å². The molecule has 2 rings (SSSR count). The molecule has 1 aromatic heterocycles. The summed E-state index contributed by atoms with van der Waals surface area (Å²) in [5.41, 5.74) is 1.89. The lowest BCUT2D eigenvalue weighted by molar-refractivity contribution is -0.330. The number of hydrogen-bond donors (Lipinski definition) is 1. The molecule has 0 saturated carbocycles. The third kappa shape index (κ3) is 2.52. The molecule has 1 heterocycles. The molecule has 0 bridgehead atoms. The minimum absolute atomic E-state index is 0.452. The van der Waals surface area contributed by atoms with E-state index in [1.165, 1.54) is 0 Å². The number of aryl methyl sites for hydroxylation is 1. The highest BCUT2D eigenvalue weighted by molar-refractivity contribution is 5.75. The molecule has 1 N–H and O–H groups in total. The Labute approximate surface area is 89.2 Å². The highest BCUT2D eigenvalue weighted by Crippen LogP contribution is 2.20. The maximum atomic E-state index is 11.8. The number of nitrogens with zero attached hydrogens (tertiary/aromatic N) is 1. The number of hydrogen-bond acceptors (Lipinski definition) is 2. The molecule has 0 spiro atoms. The number of H-pyrrole nitrogens is 1. The van der Waals surface area contributed by atoms with Gasteiger partial charge >= 0.3 is 6.36 Å². The molecular weight excluding hydrogens is 221 g/mol. The van der Waals surface area contributed by atoms with Gasteiger partial charge in [0.2, 0.25) is 0 Å². The number of halogens is 3. The Hall–Kier alpha value is -1.56. The van der Waals surface area contributed by atoms with Gasteiger partial charge in [-0.2, -0.15) is 0 Å². The second-order valence-electron chi connectivity index (χ2n) is 3.41. The number of fused-ring (bicyclic) bond motifs is 1. The largest absolute Gasteiger partial charge is 0.522 e. The molecule has 0 saturated heterocycles. The maximum absolute atomic E-state index is 11.8. The fraction of sp³-hybridized carbons (Fsp3) is 0.300. The molecule has 86 valence electrons. The van der Waals surface area contributed by atoms with Gasteiger partial charge in [-0.25, -0.2) is 4.98 Å². The van der Waals surface area contributed by atoms with E-state index in [2.05, 4.69) is 14.7 Å². The van der Waals surface area contributed by atoms with Gasteiger partial charge in [-0.1, -0.05) is 6.07 Å². The van der Waals surface area contributed by atoms with Crippen molar-refractivity contribution in [1.29, 1.82) is 0 Å². The van der Waals surface area contributed by atoms with E-state index >= 15 is 0 Å². The van der Waals surface area contributed by atoms with Crippen LogP contribution in [0.25, 0.3) is 11.0 Å². The lowest BCUT2D eigenvalue weighted by atomic mass is 10.2. The molecule has 0 aliphatic carbocycles. The van der Waals surface area contributed by atoms with Crippen LogP contribution in [0.2, 0.25) is 0 Å². The van der Waals surface area contributed by atoms with E-state index < -0.39 is 13.0 Å². The Morgan fingerprint density at radius 1 is 1.38 bits per heavy atom. The number of rotatable bonds is 2. The van der Waals surface area contributed by atoms with Crippen molar-refractivity contribution in [3.8, 4) is 0 Å². The summed E-state index contributed by atoms with van der Waals surface area (Å²) in [7, 11) is 0. The minimum Gasteiger partial charge on any atom is -0.342 e. The predicted molar refractivity (Wildman–Crippen MR) is 51.7 cm³/mol. The van der Waals surface area contributed by atoms with Gasteiger partial charge in [-0.15, -0.1) is 13.2 Å². The zero-order chi connectivity index (χ0) is 11.8. The van der Waals surface area contributed by atoms with Crippen LogP contribution in [0.1, 0.15) is 11.4 Å². The van der Waals surface area contributed by atoms with E-state index in [0.717, 1.165) is 11.3 Å². The average Bonchev–Trinajstić information content (AvgIpc) is 2.52. The summed E-state index contributed by atoms with van der Waals surface area (Å²) in [6.45, 7) is 1.30. The molecule has 0 atom stereocenters. The van der Waals surface area contributed by atoms with Crippen LogP contribution in [-0.2, 0) is 11.3 Å². The summed E-state index contributed by atoms with van der Waals surface area (Å²) in [5.74, 6) is 0.726. The van der Waals surface area contributed by atoms with Gasteiger partial charge in [0.1, 0.15) is 5.82 Å². The van der Waals surface area contributed by atoms with Crippen LogP contribution in [0.5, 0.6) is 0 Å². The lowest BCUT2D eigenvalue weighted by Gasteiger charge is -2.06. The van der Waals surface area contributed by atoms with Gasteiger partial charge in [0.25, 0.3) is 0 Å². The first-order valence-electron chi connectivity index (χ1n) is 4.60. The molecule has 2 aromatic rings. The van der Waals surface area contributed by atoms with Crippen molar-refractivity contribution in [3.63, 3.8) is 0 Å². The molecule has 0 unspecified atom stereocenters. The summed E-state index contributed by atoms with van der Waals surface area (Å²) in [6, 6.07) is 4.82. The first-order valence-corrected chi connectivity index (χ1v) is 4.60. The van der Waals surface area contributed by atoms with Crippen molar-refractivity contribution >= 4 is 11.0 Å². The zero-order valence-electron chi connectivity index (χ0n) is 8.43. The number of nitrogens with one attached hydrogen (secondary N) is 1. The number of alkyl halides is 3. The molecule has 0 radical (unpaired) electrons. The number of aromatic nitrogens is 2. The van der Waals surface area contributed by atoms with Crippen molar-refractivity contribution in [2.75, 3.05) is 0 Å². The normalized spacial score (nSPS) is 12.2. The predicted octanol–water partition coefficient (Wildman–Crippen LogP) is 2.91. The minimum atomic E-state index is -4.60. The quantitative estimate of drug-likeness (QED) is 0.861. The van der Waals surface area contributed by atoms with Crippen LogP contribution in [0.3, 0.4) is 0 Å². The average molecular weight is 230 g/mol. The van der Waals surface area contributed by atoms with E-state index in [1.54, 1.807) is 25.1 Å². The summed E-state index contributed by atoms with van der Waals surface area (Å²) in [5, 5.41) is 0. The second-order valence-corrected chi connectivity index (χ2v) is 3.41. The Balaban J connectivity index is 2.19. The highest BCUT2D eigenvalue weighted by atomic mass is 19.4. The number of ether oxygens (including phenoxy) is 1. The molecule has 0 amide bonds. The molecule has 16 heavy (non-hydrogen) atoms. The lowest BCUT2D eigenvalue weighted by Crippen LogP contribution is -2.12. The summed E-state index contributed by atoms with van der Waals surface area (Å²) in [6.07, 6.45) is -4.60. The van der Waals surface area contributed by atoms with E-state index in [9.17, 15) is 13.2 Å². The van der Waals surface area contributed by atoms with E-state index in [1.807, 2.05) is 0 Å². The fourth-order valence-electron chi connectivity index (χ4n) is 1.44. The smallest absolute Gasteiger partial charge is 0.342 e. The van der Waals surface area contributed by atoms with Gasteiger partial charge in [0.15, 0.2) is 0 Å². The van der Waals surface area contributed by atoms with Gasteiger partial charge < -0.3 is 4.98 Å². The summed E-state index contributed by atoms with van der Waals surface area (Å²) in [4.78, 5) is 7.09. The van der Waals surface area contributed by atoms with E-state index in [4.69, 9.17) is 0 Å². The van der Waals surface area contributed by atoms with Crippen LogP contribution in [0, 0.1) is 6.92 Å². The van der Waals surface area contributed by atoms with Crippen LogP contribution in [-0.4, -0.2) is 16.3 Å². The van der Waals surface area contributed by atoms with Crippen LogP contribution in [0.4, 0.5) is 13.2 Å². The maximum Gasteiger partial charge on any atom is 0.522 e. The van der Waals surface area contributed by atoms with Gasteiger partial charge in [0.05, 0.1) is 17.6 Å². The number of imidazole rings is 1. The number of benzene rings is 1. The Kier molecular flexibility index (Phi) is 2.59. The fourth-order valence-corrected chi connectivity index (χ4v) is 1.44. The third-order valence-electron chi connectivity index (χ3n) is 2.07. The first-order chi connectivity index (χ1) is 7.44. The van der Waals surface area contributed by atoms with E-state index in [0.29, 0.717) is 11.1 Å². The van der Waals surface area contributed by atoms with Gasteiger partial charge in [0, 0.05) is 0 Å². The van der Waals surface area contributed by atoms with Gasteiger partial charge in [-0.3, -0.25) is 4.74 Å².